The van der Waals surface area contributed by atoms with E-state index in [9.17, 15) is 4.39 Å². The number of benzene rings is 1. The van der Waals surface area contributed by atoms with Gasteiger partial charge in [-0.3, -0.25) is 0 Å². The first-order chi connectivity index (χ1) is 8.70. The van der Waals surface area contributed by atoms with E-state index in [0.717, 1.165) is 12.0 Å². The molecule has 1 aromatic carbocycles. The lowest BCUT2D eigenvalue weighted by molar-refractivity contribution is 0.227. The van der Waals surface area contributed by atoms with Gasteiger partial charge in [0.25, 0.3) is 0 Å². The first kappa shape index (κ1) is 13.5. The molecule has 1 saturated heterocycles. The molecule has 0 bridgehead atoms. The summed E-state index contributed by atoms with van der Waals surface area (Å²) in [7, 11) is 0. The Kier molecular flexibility index (Phi) is 4.76. The van der Waals surface area contributed by atoms with Crippen molar-refractivity contribution in [1.82, 2.24) is 4.90 Å². The predicted molar refractivity (Wildman–Crippen MR) is 74.3 cm³/mol. The number of rotatable bonds is 5. The van der Waals surface area contributed by atoms with E-state index in [4.69, 9.17) is 0 Å². The van der Waals surface area contributed by atoms with Gasteiger partial charge in [-0.25, -0.2) is 4.39 Å². The summed E-state index contributed by atoms with van der Waals surface area (Å²) < 4.78 is 13.3. The summed E-state index contributed by atoms with van der Waals surface area (Å²) in [4.78, 5) is 2.61. The van der Waals surface area contributed by atoms with E-state index in [1.54, 1.807) is 6.07 Å². The summed E-state index contributed by atoms with van der Waals surface area (Å²) in [5, 5.41) is 0. The van der Waals surface area contributed by atoms with E-state index >= 15 is 0 Å². The fourth-order valence-corrected chi connectivity index (χ4v) is 2.96. The molecule has 1 nitrogen and oxygen atoms in total. The summed E-state index contributed by atoms with van der Waals surface area (Å²) >= 11 is 0. The van der Waals surface area contributed by atoms with Crippen LogP contribution in [0.4, 0.5) is 4.39 Å². The maximum Gasteiger partial charge on any atom is 0.126 e. The fourth-order valence-electron chi connectivity index (χ4n) is 2.96. The van der Waals surface area contributed by atoms with Crippen LogP contribution in [0.25, 0.3) is 0 Å². The van der Waals surface area contributed by atoms with Crippen molar-refractivity contribution in [3.63, 3.8) is 0 Å². The maximum atomic E-state index is 13.3. The lowest BCUT2D eigenvalue weighted by Gasteiger charge is -2.27. The van der Waals surface area contributed by atoms with E-state index < -0.39 is 0 Å². The largest absolute Gasteiger partial charge is 0.300 e. The topological polar surface area (TPSA) is 3.24 Å². The van der Waals surface area contributed by atoms with Crippen molar-refractivity contribution < 1.29 is 4.39 Å². The van der Waals surface area contributed by atoms with Gasteiger partial charge in [0, 0.05) is 6.04 Å². The molecule has 2 heteroatoms. The third kappa shape index (κ3) is 3.32. The van der Waals surface area contributed by atoms with Crippen molar-refractivity contribution in [3.8, 4) is 0 Å². The molecule has 2 rings (SSSR count). The quantitative estimate of drug-likeness (QED) is 0.764. The number of likely N-dealkylation sites (tertiary alicyclic amines) is 1. The lowest BCUT2D eigenvalue weighted by Crippen LogP contribution is -2.34. The van der Waals surface area contributed by atoms with Gasteiger partial charge in [0.1, 0.15) is 5.82 Å². The first-order valence-corrected chi connectivity index (χ1v) is 7.19. The molecular weight excluding hydrogens is 225 g/mol. The lowest BCUT2D eigenvalue weighted by atomic mass is 9.99. The van der Waals surface area contributed by atoms with Crippen LogP contribution in [0, 0.1) is 12.7 Å². The van der Waals surface area contributed by atoms with Gasteiger partial charge in [0.15, 0.2) is 0 Å². The zero-order valence-electron chi connectivity index (χ0n) is 11.6. The molecule has 1 atom stereocenters. The Morgan fingerprint density at radius 1 is 1.28 bits per heavy atom. The van der Waals surface area contributed by atoms with Crippen molar-refractivity contribution >= 4 is 0 Å². The van der Waals surface area contributed by atoms with E-state index in [-0.39, 0.29) is 5.82 Å². The Hall–Kier alpha value is -0.890. The number of halogens is 1. The van der Waals surface area contributed by atoms with Crippen molar-refractivity contribution in [2.45, 2.75) is 52.0 Å². The Labute approximate surface area is 110 Å². The van der Waals surface area contributed by atoms with Gasteiger partial charge in [-0.2, -0.15) is 0 Å². The number of nitrogens with zero attached hydrogens (tertiary/aromatic N) is 1. The second kappa shape index (κ2) is 6.33. The molecule has 0 aliphatic carbocycles. The van der Waals surface area contributed by atoms with Crippen LogP contribution in [-0.4, -0.2) is 24.0 Å². The number of hydrogen-bond donors (Lipinski definition) is 0. The molecule has 100 valence electrons. The molecule has 0 radical (unpaired) electrons. The average molecular weight is 249 g/mol. The summed E-state index contributed by atoms with van der Waals surface area (Å²) in [6.07, 6.45) is 6.21. The highest BCUT2D eigenvalue weighted by molar-refractivity contribution is 5.24. The molecule has 0 amide bonds. The summed E-state index contributed by atoms with van der Waals surface area (Å²) in [6, 6.07) is 6.20. The molecule has 1 fully saturated rings. The smallest absolute Gasteiger partial charge is 0.126 e. The summed E-state index contributed by atoms with van der Waals surface area (Å²) in [6.45, 7) is 6.58. The molecule has 1 aliphatic rings. The highest BCUT2D eigenvalue weighted by Gasteiger charge is 2.21. The zero-order chi connectivity index (χ0) is 13.0. The molecule has 0 aromatic heterocycles. The normalized spacial score (nSPS) is 18.2. The Bertz CT molecular complexity index is 383. The van der Waals surface area contributed by atoms with Gasteiger partial charge < -0.3 is 4.90 Å². The molecule has 1 heterocycles. The van der Waals surface area contributed by atoms with Crippen molar-refractivity contribution in [2.75, 3.05) is 13.1 Å². The number of aryl methyl sites for hydroxylation is 1. The molecule has 0 spiro atoms. The minimum absolute atomic E-state index is 0.0908. The summed E-state index contributed by atoms with van der Waals surface area (Å²) in [5.41, 5.74) is 2.04. The van der Waals surface area contributed by atoms with Gasteiger partial charge >= 0.3 is 0 Å². The van der Waals surface area contributed by atoms with Crippen molar-refractivity contribution in [3.05, 3.63) is 35.1 Å². The van der Waals surface area contributed by atoms with Gasteiger partial charge in [0.05, 0.1) is 0 Å². The van der Waals surface area contributed by atoms with Gasteiger partial charge in [-0.1, -0.05) is 25.5 Å². The van der Waals surface area contributed by atoms with E-state index in [0.29, 0.717) is 6.04 Å². The molecule has 0 saturated carbocycles. The fraction of sp³-hybridized carbons (Fsp3) is 0.625. The first-order valence-electron chi connectivity index (χ1n) is 7.19. The van der Waals surface area contributed by atoms with Crippen LogP contribution in [0.3, 0.4) is 0 Å². The minimum atomic E-state index is -0.0908. The highest BCUT2D eigenvalue weighted by atomic mass is 19.1. The van der Waals surface area contributed by atoms with Gasteiger partial charge in [-0.15, -0.1) is 0 Å². The third-order valence-electron chi connectivity index (χ3n) is 3.97. The Morgan fingerprint density at radius 2 is 2.00 bits per heavy atom. The molecule has 18 heavy (non-hydrogen) atoms. The second-order valence-electron chi connectivity index (χ2n) is 5.47. The number of hydrogen-bond acceptors (Lipinski definition) is 1. The second-order valence-corrected chi connectivity index (χ2v) is 5.47. The van der Waals surface area contributed by atoms with E-state index in [1.165, 1.54) is 44.3 Å². The predicted octanol–water partition coefficient (Wildman–Crippen LogP) is 3.94. The SMILES string of the molecule is CCCC(Cc1ccc(F)c(C)c1)N1CCCC1. The van der Waals surface area contributed by atoms with Crippen LogP contribution in [0.2, 0.25) is 0 Å². The molecular formula is C16H24FN. The van der Waals surface area contributed by atoms with Crippen LogP contribution in [0.15, 0.2) is 18.2 Å². The maximum absolute atomic E-state index is 13.3. The third-order valence-corrected chi connectivity index (χ3v) is 3.97. The Morgan fingerprint density at radius 3 is 2.61 bits per heavy atom. The standard InChI is InChI=1S/C16H24FN/c1-3-6-15(18-9-4-5-10-18)12-14-7-8-16(17)13(2)11-14/h7-8,11,15H,3-6,9-10,12H2,1-2H3. The van der Waals surface area contributed by atoms with Crippen LogP contribution in [0.5, 0.6) is 0 Å². The van der Waals surface area contributed by atoms with E-state index in [1.807, 2.05) is 19.1 Å². The van der Waals surface area contributed by atoms with Crippen LogP contribution in [-0.2, 0) is 6.42 Å². The van der Waals surface area contributed by atoms with Gasteiger partial charge in [0.2, 0.25) is 0 Å². The van der Waals surface area contributed by atoms with Crippen molar-refractivity contribution in [1.29, 1.82) is 0 Å². The molecule has 1 aliphatic heterocycles. The summed E-state index contributed by atoms with van der Waals surface area (Å²) in [5.74, 6) is -0.0908. The average Bonchev–Trinajstić information content (AvgIpc) is 2.87. The van der Waals surface area contributed by atoms with Crippen molar-refractivity contribution in [2.24, 2.45) is 0 Å². The van der Waals surface area contributed by atoms with Crippen LogP contribution < -0.4 is 0 Å². The Balaban J connectivity index is 2.04. The monoisotopic (exact) mass is 249 g/mol. The van der Waals surface area contributed by atoms with Gasteiger partial charge in [-0.05, 0) is 62.9 Å². The van der Waals surface area contributed by atoms with Crippen LogP contribution in [0.1, 0.15) is 43.7 Å². The minimum Gasteiger partial charge on any atom is -0.300 e. The molecule has 0 N–H and O–H groups in total. The molecule has 1 unspecified atom stereocenters. The highest BCUT2D eigenvalue weighted by Crippen LogP contribution is 2.20. The molecule has 1 aromatic rings. The van der Waals surface area contributed by atoms with E-state index in [2.05, 4.69) is 11.8 Å². The zero-order valence-corrected chi connectivity index (χ0v) is 11.6. The van der Waals surface area contributed by atoms with Crippen LogP contribution >= 0.6 is 0 Å².